The number of aryl methyl sites for hydroxylation is 1. The molecule has 0 saturated carbocycles. The minimum Gasteiger partial charge on any atom is -0.331 e. The van der Waals surface area contributed by atoms with Crippen LogP contribution in [0.4, 0.5) is 0 Å². The third-order valence-corrected chi connectivity index (χ3v) is 7.05. The minimum absolute atomic E-state index is 0.0379. The van der Waals surface area contributed by atoms with Crippen molar-refractivity contribution in [1.29, 1.82) is 0 Å². The number of rotatable bonds is 3. The topological polar surface area (TPSA) is 55.2 Å². The normalized spacial score (nSPS) is 15.8. The summed E-state index contributed by atoms with van der Waals surface area (Å²) in [6.45, 7) is 4.69. The summed E-state index contributed by atoms with van der Waals surface area (Å²) in [4.78, 5) is 34.3. The highest BCUT2D eigenvalue weighted by Gasteiger charge is 2.30. The molecule has 5 nitrogen and oxygen atoms in total. The molecule has 31 heavy (non-hydrogen) atoms. The van der Waals surface area contributed by atoms with Crippen molar-refractivity contribution < 1.29 is 4.79 Å². The average molecular weight is 430 g/mol. The molecule has 1 unspecified atom stereocenters. The standard InChI is InChI=1S/C25H23N3O2S/c1-3-22-20-13-15-31-23(20)12-14-27(22)24(29)17-8-10-18(11-9-17)28-16(2)26-21-7-5-4-6-19(21)25(28)30/h4-11,13,15,22H,3,12,14H2,1-2H3. The number of thiophene rings is 1. The van der Waals surface area contributed by atoms with Crippen LogP contribution in [-0.4, -0.2) is 26.9 Å². The van der Waals surface area contributed by atoms with Gasteiger partial charge in [0.25, 0.3) is 11.5 Å². The number of hydrogen-bond donors (Lipinski definition) is 0. The molecule has 5 rings (SSSR count). The molecule has 0 spiro atoms. The van der Waals surface area contributed by atoms with Crippen molar-refractivity contribution in [3.05, 3.63) is 92.2 Å². The molecule has 0 aliphatic carbocycles. The first-order valence-corrected chi connectivity index (χ1v) is 11.4. The maximum absolute atomic E-state index is 13.3. The second kappa shape index (κ2) is 7.78. The van der Waals surface area contributed by atoms with Crippen LogP contribution < -0.4 is 5.56 Å². The lowest BCUT2D eigenvalue weighted by Gasteiger charge is -2.35. The van der Waals surface area contributed by atoms with Crippen LogP contribution in [0, 0.1) is 6.92 Å². The van der Waals surface area contributed by atoms with Gasteiger partial charge in [-0.25, -0.2) is 4.98 Å². The molecule has 2 aromatic carbocycles. The Bertz CT molecular complexity index is 1340. The molecule has 3 heterocycles. The van der Waals surface area contributed by atoms with Crippen LogP contribution in [0.3, 0.4) is 0 Å². The molecule has 2 aromatic heterocycles. The Labute approximate surface area is 184 Å². The van der Waals surface area contributed by atoms with Gasteiger partial charge in [-0.1, -0.05) is 19.1 Å². The van der Waals surface area contributed by atoms with Gasteiger partial charge in [0.05, 0.1) is 22.6 Å². The molecule has 4 aromatic rings. The zero-order valence-electron chi connectivity index (χ0n) is 17.5. The van der Waals surface area contributed by atoms with Gasteiger partial charge < -0.3 is 4.90 Å². The Kier molecular flexibility index (Phi) is 4.94. The maximum Gasteiger partial charge on any atom is 0.265 e. The molecule has 6 heteroatoms. The van der Waals surface area contributed by atoms with E-state index in [9.17, 15) is 9.59 Å². The van der Waals surface area contributed by atoms with E-state index in [1.807, 2.05) is 54.3 Å². The van der Waals surface area contributed by atoms with E-state index in [-0.39, 0.29) is 17.5 Å². The van der Waals surface area contributed by atoms with Crippen molar-refractivity contribution in [2.24, 2.45) is 0 Å². The molecule has 0 radical (unpaired) electrons. The average Bonchev–Trinajstić information content (AvgIpc) is 3.27. The maximum atomic E-state index is 13.3. The summed E-state index contributed by atoms with van der Waals surface area (Å²) in [6.07, 6.45) is 1.80. The molecule has 1 aliphatic rings. The van der Waals surface area contributed by atoms with Crippen molar-refractivity contribution in [3.8, 4) is 5.69 Å². The fourth-order valence-corrected chi connectivity index (χ4v) is 5.47. The summed E-state index contributed by atoms with van der Waals surface area (Å²) >= 11 is 1.78. The van der Waals surface area contributed by atoms with E-state index in [1.165, 1.54) is 10.4 Å². The first kappa shape index (κ1) is 19.7. The van der Waals surface area contributed by atoms with E-state index in [0.717, 1.165) is 19.4 Å². The van der Waals surface area contributed by atoms with Crippen LogP contribution in [-0.2, 0) is 6.42 Å². The van der Waals surface area contributed by atoms with Gasteiger partial charge in [0.1, 0.15) is 5.82 Å². The molecule has 156 valence electrons. The molecular formula is C25H23N3O2S. The van der Waals surface area contributed by atoms with Gasteiger partial charge in [0.2, 0.25) is 0 Å². The summed E-state index contributed by atoms with van der Waals surface area (Å²) in [5.41, 5.74) is 3.22. The van der Waals surface area contributed by atoms with Crippen molar-refractivity contribution in [3.63, 3.8) is 0 Å². The highest BCUT2D eigenvalue weighted by molar-refractivity contribution is 7.10. The number of nitrogens with zero attached hydrogens (tertiary/aromatic N) is 3. The zero-order valence-corrected chi connectivity index (χ0v) is 18.4. The second-order valence-corrected chi connectivity index (χ2v) is 8.84. The molecule has 0 N–H and O–H groups in total. The predicted molar refractivity (Wildman–Crippen MR) is 124 cm³/mol. The predicted octanol–water partition coefficient (Wildman–Crippen LogP) is 4.91. The van der Waals surface area contributed by atoms with E-state index in [2.05, 4.69) is 23.4 Å². The molecule has 1 atom stereocenters. The lowest BCUT2D eigenvalue weighted by Crippen LogP contribution is -2.39. The first-order valence-electron chi connectivity index (χ1n) is 10.5. The van der Waals surface area contributed by atoms with Gasteiger partial charge in [-0.2, -0.15) is 0 Å². The largest absolute Gasteiger partial charge is 0.331 e. The molecule has 0 fully saturated rings. The van der Waals surface area contributed by atoms with Crippen LogP contribution in [0.5, 0.6) is 0 Å². The second-order valence-electron chi connectivity index (χ2n) is 7.84. The number of amides is 1. The van der Waals surface area contributed by atoms with Gasteiger partial charge in [0.15, 0.2) is 0 Å². The Morgan fingerprint density at radius 2 is 1.90 bits per heavy atom. The van der Waals surface area contributed by atoms with E-state index in [0.29, 0.717) is 28.0 Å². The van der Waals surface area contributed by atoms with Gasteiger partial charge in [-0.05, 0) is 73.2 Å². The number of carbonyl (C=O) groups is 1. The first-order chi connectivity index (χ1) is 15.1. The van der Waals surface area contributed by atoms with E-state index < -0.39 is 0 Å². The van der Waals surface area contributed by atoms with Gasteiger partial charge in [0, 0.05) is 17.0 Å². The number of para-hydroxylation sites is 1. The third kappa shape index (κ3) is 3.27. The van der Waals surface area contributed by atoms with Gasteiger partial charge in [-0.15, -0.1) is 11.3 Å². The quantitative estimate of drug-likeness (QED) is 0.465. The number of benzene rings is 2. The highest BCUT2D eigenvalue weighted by Crippen LogP contribution is 2.36. The fourth-order valence-electron chi connectivity index (χ4n) is 4.55. The summed E-state index contributed by atoms with van der Waals surface area (Å²) in [6, 6.07) is 16.9. The lowest BCUT2D eigenvalue weighted by molar-refractivity contribution is 0.0657. The lowest BCUT2D eigenvalue weighted by atomic mass is 9.97. The Balaban J connectivity index is 1.48. The van der Waals surface area contributed by atoms with Crippen LogP contribution in [0.15, 0.2) is 64.8 Å². The third-order valence-electron chi connectivity index (χ3n) is 6.06. The highest BCUT2D eigenvalue weighted by atomic mass is 32.1. The van der Waals surface area contributed by atoms with Gasteiger partial charge >= 0.3 is 0 Å². The Morgan fingerprint density at radius 1 is 1.13 bits per heavy atom. The molecule has 1 aliphatic heterocycles. The van der Waals surface area contributed by atoms with E-state index >= 15 is 0 Å². The molecule has 0 bridgehead atoms. The monoisotopic (exact) mass is 429 g/mol. The summed E-state index contributed by atoms with van der Waals surface area (Å²) < 4.78 is 1.60. The van der Waals surface area contributed by atoms with Crippen LogP contribution in [0.25, 0.3) is 16.6 Å². The summed E-state index contributed by atoms with van der Waals surface area (Å²) in [5.74, 6) is 0.658. The molecule has 0 saturated heterocycles. The Morgan fingerprint density at radius 3 is 2.68 bits per heavy atom. The summed E-state index contributed by atoms with van der Waals surface area (Å²) in [7, 11) is 0. The van der Waals surface area contributed by atoms with Crippen LogP contribution in [0.1, 0.15) is 46.0 Å². The SMILES string of the molecule is CCC1c2ccsc2CCN1C(=O)c1ccc(-n2c(C)nc3ccccc3c2=O)cc1. The minimum atomic E-state index is -0.103. The fraction of sp³-hybridized carbons (Fsp3) is 0.240. The number of aromatic nitrogens is 2. The Hall–Kier alpha value is -3.25. The van der Waals surface area contributed by atoms with Crippen molar-refractivity contribution in [2.75, 3.05) is 6.54 Å². The van der Waals surface area contributed by atoms with E-state index in [4.69, 9.17) is 0 Å². The van der Waals surface area contributed by atoms with Crippen molar-refractivity contribution >= 4 is 28.1 Å². The zero-order chi connectivity index (χ0) is 21.5. The number of hydrogen-bond acceptors (Lipinski definition) is 4. The number of fused-ring (bicyclic) bond motifs is 2. The molecule has 1 amide bonds. The number of carbonyl (C=O) groups excluding carboxylic acids is 1. The smallest absolute Gasteiger partial charge is 0.265 e. The van der Waals surface area contributed by atoms with Crippen LogP contribution in [0.2, 0.25) is 0 Å². The van der Waals surface area contributed by atoms with Crippen LogP contribution >= 0.6 is 11.3 Å². The van der Waals surface area contributed by atoms with Crippen molar-refractivity contribution in [2.45, 2.75) is 32.7 Å². The molecular weight excluding hydrogens is 406 g/mol. The van der Waals surface area contributed by atoms with E-state index in [1.54, 1.807) is 22.0 Å². The van der Waals surface area contributed by atoms with Crippen molar-refractivity contribution in [1.82, 2.24) is 14.5 Å². The van der Waals surface area contributed by atoms with Gasteiger partial charge in [-0.3, -0.25) is 14.2 Å². The summed E-state index contributed by atoms with van der Waals surface area (Å²) in [5, 5.41) is 2.70.